The lowest BCUT2D eigenvalue weighted by molar-refractivity contribution is -0.119. The molecule has 1 aromatic carbocycles. The number of carbonyl (C=O) groups is 1. The molecule has 1 aliphatic rings. The Morgan fingerprint density at radius 2 is 2.18 bits per heavy atom. The van der Waals surface area contributed by atoms with Gasteiger partial charge in [0.05, 0.1) is 11.7 Å². The fraction of sp³-hybridized carbons (Fsp3) is 0.350. The number of amides is 1. The van der Waals surface area contributed by atoms with Crippen LogP contribution in [-0.2, 0) is 10.8 Å². The largest absolute Gasteiger partial charge is 0.490 e. The third-order valence-electron chi connectivity index (χ3n) is 4.99. The molecule has 1 saturated heterocycles. The summed E-state index contributed by atoms with van der Waals surface area (Å²) in [4.78, 5) is 15.9. The van der Waals surface area contributed by atoms with E-state index in [2.05, 4.69) is 15.4 Å². The topological polar surface area (TPSA) is 69.0 Å². The highest BCUT2D eigenvalue weighted by molar-refractivity contribution is 5.90. The van der Waals surface area contributed by atoms with Crippen LogP contribution in [0.1, 0.15) is 20.3 Å². The molecule has 2 atom stereocenters. The average molecular weight is 386 g/mol. The number of hydrogen-bond donors (Lipinski definition) is 1. The fourth-order valence-electron chi connectivity index (χ4n) is 3.36. The normalized spacial score (nSPS) is 18.3. The van der Waals surface area contributed by atoms with Gasteiger partial charge >= 0.3 is 6.05 Å². The smallest absolute Gasteiger partial charge is 0.340 e. The number of hydrogen-bond acceptors (Lipinski definition) is 4. The Morgan fingerprint density at radius 3 is 2.86 bits per heavy atom. The van der Waals surface area contributed by atoms with Crippen molar-refractivity contribution in [1.29, 1.82) is 0 Å². The van der Waals surface area contributed by atoms with Gasteiger partial charge in [0.2, 0.25) is 5.91 Å². The van der Waals surface area contributed by atoms with Crippen LogP contribution in [-0.4, -0.2) is 33.3 Å². The first kappa shape index (κ1) is 18.3. The lowest BCUT2D eigenvalue weighted by Gasteiger charge is -2.21. The van der Waals surface area contributed by atoms with Crippen LogP contribution in [0, 0.1) is 5.92 Å². The molecule has 0 unspecified atom stereocenters. The number of nitrogens with one attached hydrogen (secondary N) is 1. The molecule has 0 aliphatic carbocycles. The molecule has 4 rings (SSSR count). The monoisotopic (exact) mass is 386 g/mol. The first-order valence-corrected chi connectivity index (χ1v) is 9.07. The molecule has 1 aliphatic heterocycles. The summed E-state index contributed by atoms with van der Waals surface area (Å²) in [6.07, 6.45) is 4.60. The molecule has 0 spiro atoms. The summed E-state index contributed by atoms with van der Waals surface area (Å²) in [5.74, 6) is 0.696. The van der Waals surface area contributed by atoms with Gasteiger partial charge in [0.25, 0.3) is 0 Å². The van der Waals surface area contributed by atoms with Gasteiger partial charge in [0, 0.05) is 49.2 Å². The molecule has 8 heteroatoms. The second kappa shape index (κ2) is 6.85. The highest BCUT2D eigenvalue weighted by Crippen LogP contribution is 2.34. The van der Waals surface area contributed by atoms with E-state index in [0.717, 1.165) is 12.3 Å². The Hall–Kier alpha value is -3.03. The van der Waals surface area contributed by atoms with Gasteiger partial charge in [-0.25, -0.2) is 4.68 Å². The van der Waals surface area contributed by atoms with Crippen molar-refractivity contribution in [3.63, 3.8) is 0 Å². The van der Waals surface area contributed by atoms with Gasteiger partial charge in [0.15, 0.2) is 0 Å². The van der Waals surface area contributed by atoms with Crippen molar-refractivity contribution in [2.45, 2.75) is 32.4 Å². The number of carbonyl (C=O) groups excluding carboxylic acids is 1. The van der Waals surface area contributed by atoms with Crippen LogP contribution in [0.15, 0.2) is 42.9 Å². The standard InChI is InChI=1S/C20H20F2N4O2/c1-12(14-8-19(27)24-9-14)28-18-7-13(6-17-16(18)4-3-5-23-17)15-10-25-26(11-15)20(2,21)22/h3-7,10-12,14H,8-9H2,1-2H3,(H,24,27)/t12-,14-/m1/s1. The zero-order valence-corrected chi connectivity index (χ0v) is 15.5. The van der Waals surface area contributed by atoms with Gasteiger partial charge in [-0.1, -0.05) is 0 Å². The summed E-state index contributed by atoms with van der Waals surface area (Å²) in [5, 5.41) is 7.40. The van der Waals surface area contributed by atoms with Gasteiger partial charge in [-0.2, -0.15) is 13.9 Å². The van der Waals surface area contributed by atoms with Gasteiger partial charge in [-0.15, -0.1) is 0 Å². The van der Waals surface area contributed by atoms with E-state index >= 15 is 0 Å². The summed E-state index contributed by atoms with van der Waals surface area (Å²) >= 11 is 0. The maximum Gasteiger partial charge on any atom is 0.340 e. The van der Waals surface area contributed by atoms with Crippen molar-refractivity contribution < 1.29 is 18.3 Å². The predicted molar refractivity (Wildman–Crippen MR) is 100 cm³/mol. The minimum Gasteiger partial charge on any atom is -0.490 e. The van der Waals surface area contributed by atoms with Gasteiger partial charge < -0.3 is 10.1 Å². The van der Waals surface area contributed by atoms with Crippen molar-refractivity contribution in [2.24, 2.45) is 5.92 Å². The number of alkyl halides is 2. The molecule has 3 aromatic rings. The average Bonchev–Trinajstić information content (AvgIpc) is 3.30. The van der Waals surface area contributed by atoms with E-state index in [4.69, 9.17) is 4.74 Å². The van der Waals surface area contributed by atoms with Crippen LogP contribution in [0.5, 0.6) is 5.75 Å². The Bertz CT molecular complexity index is 1030. The second-order valence-electron chi connectivity index (χ2n) is 7.15. The number of rotatable bonds is 5. The Labute approximate surface area is 160 Å². The lowest BCUT2D eigenvalue weighted by Crippen LogP contribution is -2.25. The van der Waals surface area contributed by atoms with Crippen molar-refractivity contribution in [3.8, 4) is 16.9 Å². The first-order valence-electron chi connectivity index (χ1n) is 9.07. The molecular formula is C20H20F2N4O2. The quantitative estimate of drug-likeness (QED) is 0.728. The summed E-state index contributed by atoms with van der Waals surface area (Å²) in [7, 11) is 0. The third-order valence-corrected chi connectivity index (χ3v) is 4.99. The molecule has 1 fully saturated rings. The molecule has 146 valence electrons. The van der Waals surface area contributed by atoms with E-state index in [1.54, 1.807) is 12.3 Å². The van der Waals surface area contributed by atoms with Crippen LogP contribution in [0.2, 0.25) is 0 Å². The van der Waals surface area contributed by atoms with Crippen molar-refractivity contribution in [3.05, 3.63) is 42.9 Å². The number of ether oxygens (including phenoxy) is 1. The Kier molecular flexibility index (Phi) is 4.49. The zero-order valence-electron chi connectivity index (χ0n) is 15.5. The minimum atomic E-state index is -3.08. The van der Waals surface area contributed by atoms with E-state index in [1.807, 2.05) is 25.1 Å². The first-order chi connectivity index (χ1) is 13.3. The molecule has 2 aromatic heterocycles. The van der Waals surface area contributed by atoms with Crippen LogP contribution in [0.3, 0.4) is 0 Å². The second-order valence-corrected chi connectivity index (χ2v) is 7.15. The summed E-state index contributed by atoms with van der Waals surface area (Å²) in [6, 6.07) is 4.26. The molecule has 0 radical (unpaired) electrons. The van der Waals surface area contributed by atoms with Gasteiger partial charge in [0.1, 0.15) is 11.9 Å². The highest BCUT2D eigenvalue weighted by atomic mass is 19.3. The van der Waals surface area contributed by atoms with Crippen molar-refractivity contribution in [1.82, 2.24) is 20.1 Å². The molecule has 1 N–H and O–H groups in total. The highest BCUT2D eigenvalue weighted by Gasteiger charge is 2.29. The number of benzene rings is 1. The minimum absolute atomic E-state index is 0.0219. The van der Waals surface area contributed by atoms with E-state index < -0.39 is 6.05 Å². The molecule has 3 heterocycles. The summed E-state index contributed by atoms with van der Waals surface area (Å²) in [5.41, 5.74) is 1.92. The molecule has 1 amide bonds. The number of pyridine rings is 1. The number of aromatic nitrogens is 3. The SMILES string of the molecule is C[C@@H](Oc1cc(-c2cnn(C(C)(F)F)c2)cc2ncccc12)[C@H]1CNC(=O)C1. The zero-order chi connectivity index (χ0) is 19.9. The maximum absolute atomic E-state index is 13.5. The summed E-state index contributed by atoms with van der Waals surface area (Å²) < 4.78 is 33.9. The molecule has 0 saturated carbocycles. The van der Waals surface area contributed by atoms with E-state index in [-0.39, 0.29) is 17.9 Å². The number of halogens is 2. The van der Waals surface area contributed by atoms with Gasteiger partial charge in [-0.05, 0) is 36.8 Å². The third kappa shape index (κ3) is 3.54. The van der Waals surface area contributed by atoms with Crippen LogP contribution in [0.4, 0.5) is 8.78 Å². The number of nitrogens with zero attached hydrogens (tertiary/aromatic N) is 3. The molecular weight excluding hydrogens is 366 g/mol. The molecule has 0 bridgehead atoms. The summed E-state index contributed by atoms with van der Waals surface area (Å²) in [6.45, 7) is 3.29. The fourth-order valence-corrected chi connectivity index (χ4v) is 3.36. The Balaban J connectivity index is 1.71. The van der Waals surface area contributed by atoms with Crippen molar-refractivity contribution >= 4 is 16.8 Å². The van der Waals surface area contributed by atoms with E-state index in [9.17, 15) is 13.6 Å². The van der Waals surface area contributed by atoms with Crippen LogP contribution >= 0.6 is 0 Å². The van der Waals surface area contributed by atoms with Crippen LogP contribution in [0.25, 0.3) is 22.0 Å². The molecule has 6 nitrogen and oxygen atoms in total. The molecule has 28 heavy (non-hydrogen) atoms. The number of fused-ring (bicyclic) bond motifs is 1. The van der Waals surface area contributed by atoms with Crippen molar-refractivity contribution in [2.75, 3.05) is 6.54 Å². The Morgan fingerprint density at radius 1 is 1.36 bits per heavy atom. The predicted octanol–water partition coefficient (Wildman–Crippen LogP) is 3.57. The maximum atomic E-state index is 13.5. The van der Waals surface area contributed by atoms with Crippen LogP contribution < -0.4 is 10.1 Å². The van der Waals surface area contributed by atoms with E-state index in [1.165, 1.54) is 12.4 Å². The lowest BCUT2D eigenvalue weighted by atomic mass is 10.0. The van der Waals surface area contributed by atoms with Gasteiger partial charge in [-0.3, -0.25) is 9.78 Å². The van der Waals surface area contributed by atoms with E-state index in [0.29, 0.717) is 40.0 Å².